The molecule has 0 spiro atoms. The number of halogens is 1. The van der Waals surface area contributed by atoms with Crippen LogP contribution in [0.5, 0.6) is 5.75 Å². The third-order valence-electron chi connectivity index (χ3n) is 2.87. The Labute approximate surface area is 98.3 Å². The minimum atomic E-state index is -0.741. The second-order valence-corrected chi connectivity index (χ2v) is 4.21. The third-order valence-corrected chi connectivity index (χ3v) is 2.87. The summed E-state index contributed by atoms with van der Waals surface area (Å²) in [5, 5.41) is 18.5. The van der Waals surface area contributed by atoms with E-state index in [2.05, 4.69) is 0 Å². The normalized spacial score (nSPS) is 20.4. The molecule has 1 saturated heterocycles. The van der Waals surface area contributed by atoms with Gasteiger partial charge in [-0.1, -0.05) is 0 Å². The molecule has 0 aliphatic carbocycles. The van der Waals surface area contributed by atoms with E-state index in [9.17, 15) is 14.3 Å². The molecule has 0 aromatic heterocycles. The number of aliphatic hydroxyl groups is 1. The number of aliphatic hydroxyl groups excluding tert-OH is 1. The molecule has 1 aliphatic heterocycles. The van der Waals surface area contributed by atoms with Crippen LogP contribution in [0, 0.1) is 5.82 Å². The highest BCUT2D eigenvalue weighted by atomic mass is 19.1. The zero-order valence-corrected chi connectivity index (χ0v) is 9.27. The summed E-state index contributed by atoms with van der Waals surface area (Å²) >= 11 is 0. The van der Waals surface area contributed by atoms with Gasteiger partial charge in [-0.2, -0.15) is 0 Å². The molecule has 1 amide bonds. The Morgan fingerprint density at radius 1 is 1.47 bits per heavy atom. The van der Waals surface area contributed by atoms with Gasteiger partial charge in [0.1, 0.15) is 11.6 Å². The van der Waals surface area contributed by atoms with Crippen molar-refractivity contribution in [1.82, 2.24) is 4.90 Å². The number of hydrogen-bond acceptors (Lipinski definition) is 3. The highest BCUT2D eigenvalue weighted by molar-refractivity contribution is 5.94. The Morgan fingerprint density at radius 3 is 2.88 bits per heavy atom. The van der Waals surface area contributed by atoms with Gasteiger partial charge in [0.15, 0.2) is 0 Å². The number of phenols is 1. The fraction of sp³-hybridized carbons (Fsp3) is 0.417. The number of amides is 1. The Morgan fingerprint density at radius 2 is 2.24 bits per heavy atom. The SMILES string of the molecule is O=C(c1ccc(O)cc1F)N1CCC[C@H](O)C1. The van der Waals surface area contributed by atoms with Crippen LogP contribution in [0.15, 0.2) is 18.2 Å². The van der Waals surface area contributed by atoms with Crippen LogP contribution >= 0.6 is 0 Å². The largest absolute Gasteiger partial charge is 0.508 e. The average Bonchev–Trinajstić information content (AvgIpc) is 2.28. The molecule has 17 heavy (non-hydrogen) atoms. The molecule has 1 fully saturated rings. The monoisotopic (exact) mass is 239 g/mol. The Hall–Kier alpha value is -1.62. The molecule has 0 unspecified atom stereocenters. The highest BCUT2D eigenvalue weighted by Crippen LogP contribution is 2.19. The van der Waals surface area contributed by atoms with Crippen LogP contribution in [0.25, 0.3) is 0 Å². The minimum absolute atomic E-state index is 0.0723. The second-order valence-electron chi connectivity index (χ2n) is 4.21. The zero-order chi connectivity index (χ0) is 12.4. The summed E-state index contributed by atoms with van der Waals surface area (Å²) in [7, 11) is 0. The predicted molar refractivity (Wildman–Crippen MR) is 59.2 cm³/mol. The first-order valence-electron chi connectivity index (χ1n) is 5.54. The summed E-state index contributed by atoms with van der Waals surface area (Å²) in [5.74, 6) is -1.39. The number of nitrogens with zero attached hydrogens (tertiary/aromatic N) is 1. The third kappa shape index (κ3) is 2.55. The maximum atomic E-state index is 13.5. The summed E-state index contributed by atoms with van der Waals surface area (Å²) in [6.45, 7) is 0.759. The summed E-state index contributed by atoms with van der Waals surface area (Å²) in [5.41, 5.74) is -0.0723. The lowest BCUT2D eigenvalue weighted by molar-refractivity contribution is 0.0470. The number of aromatic hydroxyl groups is 1. The van der Waals surface area contributed by atoms with Gasteiger partial charge in [-0.15, -0.1) is 0 Å². The lowest BCUT2D eigenvalue weighted by atomic mass is 10.1. The van der Waals surface area contributed by atoms with Crippen molar-refractivity contribution >= 4 is 5.91 Å². The van der Waals surface area contributed by atoms with Gasteiger partial charge in [0.25, 0.3) is 5.91 Å². The quantitative estimate of drug-likeness (QED) is 0.772. The number of benzene rings is 1. The lowest BCUT2D eigenvalue weighted by Crippen LogP contribution is -2.42. The number of carbonyl (C=O) groups excluding carboxylic acids is 1. The molecule has 4 nitrogen and oxygen atoms in total. The Kier molecular flexibility index (Phi) is 3.28. The first kappa shape index (κ1) is 11.9. The maximum absolute atomic E-state index is 13.5. The van der Waals surface area contributed by atoms with E-state index in [1.54, 1.807) is 0 Å². The van der Waals surface area contributed by atoms with E-state index in [-0.39, 0.29) is 17.9 Å². The molecule has 2 N–H and O–H groups in total. The number of likely N-dealkylation sites (tertiary alicyclic amines) is 1. The molecular formula is C12H14FNO3. The maximum Gasteiger partial charge on any atom is 0.256 e. The van der Waals surface area contributed by atoms with Crippen LogP contribution in [-0.2, 0) is 0 Å². The number of carbonyl (C=O) groups is 1. The average molecular weight is 239 g/mol. The van der Waals surface area contributed by atoms with Gasteiger partial charge in [0, 0.05) is 19.2 Å². The summed E-state index contributed by atoms with van der Waals surface area (Å²) in [4.78, 5) is 13.4. The van der Waals surface area contributed by atoms with Crippen molar-refractivity contribution in [2.45, 2.75) is 18.9 Å². The molecule has 1 aromatic rings. The first-order chi connectivity index (χ1) is 8.08. The molecule has 1 aliphatic rings. The standard InChI is InChI=1S/C12H14FNO3/c13-11-6-8(15)3-4-10(11)12(17)14-5-1-2-9(16)7-14/h3-4,6,9,15-16H,1-2,5,7H2/t9-/m0/s1. The van der Waals surface area contributed by atoms with Crippen molar-refractivity contribution in [3.63, 3.8) is 0 Å². The van der Waals surface area contributed by atoms with Crippen LogP contribution < -0.4 is 0 Å². The van der Waals surface area contributed by atoms with Crippen molar-refractivity contribution in [2.75, 3.05) is 13.1 Å². The summed E-state index contributed by atoms with van der Waals surface area (Å²) in [6.07, 6.45) is 0.849. The van der Waals surface area contributed by atoms with E-state index in [4.69, 9.17) is 5.11 Å². The Bertz CT molecular complexity index is 436. The molecule has 5 heteroatoms. The molecule has 0 bridgehead atoms. The molecule has 92 valence electrons. The fourth-order valence-corrected chi connectivity index (χ4v) is 1.99. The van der Waals surface area contributed by atoms with Gasteiger partial charge in [0.2, 0.25) is 0 Å². The number of β-amino-alcohol motifs (C(OH)–C–C–N with tert-alkyl or cyclic N) is 1. The second kappa shape index (κ2) is 4.71. The number of piperidine rings is 1. The van der Waals surface area contributed by atoms with Crippen LogP contribution in [0.4, 0.5) is 4.39 Å². The molecule has 2 rings (SSSR count). The smallest absolute Gasteiger partial charge is 0.256 e. The van der Waals surface area contributed by atoms with Gasteiger partial charge in [-0.25, -0.2) is 4.39 Å². The first-order valence-corrected chi connectivity index (χ1v) is 5.54. The predicted octanol–water partition coefficient (Wildman–Crippen LogP) is 1.13. The van der Waals surface area contributed by atoms with Crippen LogP contribution in [0.1, 0.15) is 23.2 Å². The molecular weight excluding hydrogens is 225 g/mol. The van der Waals surface area contributed by atoms with E-state index in [0.29, 0.717) is 19.4 Å². The van der Waals surface area contributed by atoms with Crippen LogP contribution in [0.3, 0.4) is 0 Å². The summed E-state index contributed by atoms with van der Waals surface area (Å²) < 4.78 is 13.5. The summed E-state index contributed by atoms with van der Waals surface area (Å²) in [6, 6.07) is 3.44. The molecule has 0 radical (unpaired) electrons. The topological polar surface area (TPSA) is 60.8 Å². The van der Waals surface area contributed by atoms with Crippen LogP contribution in [0.2, 0.25) is 0 Å². The van der Waals surface area contributed by atoms with Crippen molar-refractivity contribution in [2.24, 2.45) is 0 Å². The van der Waals surface area contributed by atoms with Gasteiger partial charge in [-0.05, 0) is 25.0 Å². The van der Waals surface area contributed by atoms with E-state index < -0.39 is 17.8 Å². The molecule has 0 saturated carbocycles. The highest BCUT2D eigenvalue weighted by Gasteiger charge is 2.24. The number of phenolic OH excluding ortho intramolecular Hbond substituents is 1. The van der Waals surface area contributed by atoms with Crippen molar-refractivity contribution in [3.8, 4) is 5.75 Å². The number of rotatable bonds is 1. The molecule has 1 heterocycles. The van der Waals surface area contributed by atoms with E-state index >= 15 is 0 Å². The fourth-order valence-electron chi connectivity index (χ4n) is 1.99. The minimum Gasteiger partial charge on any atom is -0.508 e. The number of hydrogen-bond donors (Lipinski definition) is 2. The molecule has 1 atom stereocenters. The lowest BCUT2D eigenvalue weighted by Gasteiger charge is -2.30. The van der Waals surface area contributed by atoms with Crippen LogP contribution in [-0.4, -0.2) is 40.2 Å². The van der Waals surface area contributed by atoms with Gasteiger partial charge in [0.05, 0.1) is 11.7 Å². The van der Waals surface area contributed by atoms with E-state index in [1.165, 1.54) is 17.0 Å². The van der Waals surface area contributed by atoms with Crippen molar-refractivity contribution < 1.29 is 19.4 Å². The van der Waals surface area contributed by atoms with Gasteiger partial charge < -0.3 is 15.1 Å². The van der Waals surface area contributed by atoms with E-state index in [0.717, 1.165) is 6.07 Å². The van der Waals surface area contributed by atoms with Gasteiger partial charge in [-0.3, -0.25) is 4.79 Å². The van der Waals surface area contributed by atoms with E-state index in [1.807, 2.05) is 0 Å². The molecule has 1 aromatic carbocycles. The van der Waals surface area contributed by atoms with Crippen molar-refractivity contribution in [1.29, 1.82) is 0 Å². The van der Waals surface area contributed by atoms with Gasteiger partial charge >= 0.3 is 0 Å². The Balaban J connectivity index is 2.18. The van der Waals surface area contributed by atoms with Crippen molar-refractivity contribution in [3.05, 3.63) is 29.6 Å². The zero-order valence-electron chi connectivity index (χ0n) is 9.27.